The Kier molecular flexibility index (Phi) is 2.45. The number of rotatable bonds is 1. The SMILES string of the molecule is NNC(=O)c1c[nH]c2cc(Br)c(F)cc12. The van der Waals surface area contributed by atoms with Crippen molar-refractivity contribution in [3.05, 3.63) is 34.2 Å². The van der Waals surface area contributed by atoms with Crippen LogP contribution < -0.4 is 11.3 Å². The number of aromatic nitrogens is 1. The maximum atomic E-state index is 13.2. The van der Waals surface area contributed by atoms with Crippen molar-refractivity contribution < 1.29 is 9.18 Å². The van der Waals surface area contributed by atoms with E-state index in [9.17, 15) is 9.18 Å². The van der Waals surface area contributed by atoms with E-state index in [1.807, 2.05) is 5.43 Å². The van der Waals surface area contributed by atoms with Crippen LogP contribution in [-0.4, -0.2) is 10.9 Å². The van der Waals surface area contributed by atoms with Crippen molar-refractivity contribution in [2.45, 2.75) is 0 Å². The molecule has 0 radical (unpaired) electrons. The highest BCUT2D eigenvalue weighted by Gasteiger charge is 2.12. The summed E-state index contributed by atoms with van der Waals surface area (Å²) in [6.45, 7) is 0. The molecule has 0 aliphatic heterocycles. The number of halogens is 2. The third kappa shape index (κ3) is 1.62. The predicted molar refractivity (Wildman–Crippen MR) is 57.6 cm³/mol. The Morgan fingerprint density at radius 2 is 2.27 bits per heavy atom. The standard InChI is InChI=1S/C9H7BrFN3O/c10-6-2-8-4(1-7(6)11)5(3-13-8)9(15)14-12/h1-3,13H,12H2,(H,14,15). The van der Waals surface area contributed by atoms with Crippen LogP contribution in [0.3, 0.4) is 0 Å². The molecule has 0 bridgehead atoms. The quantitative estimate of drug-likeness (QED) is 0.420. The van der Waals surface area contributed by atoms with Gasteiger partial charge in [0, 0.05) is 17.1 Å². The minimum atomic E-state index is -0.456. The monoisotopic (exact) mass is 271 g/mol. The summed E-state index contributed by atoms with van der Waals surface area (Å²) in [5.41, 5.74) is 2.99. The second-order valence-electron chi connectivity index (χ2n) is 2.99. The number of carbonyl (C=O) groups is 1. The van der Waals surface area contributed by atoms with Gasteiger partial charge in [-0.1, -0.05) is 0 Å². The number of nitrogens with two attached hydrogens (primary N) is 1. The van der Waals surface area contributed by atoms with Gasteiger partial charge in [0.2, 0.25) is 0 Å². The normalized spacial score (nSPS) is 10.6. The van der Waals surface area contributed by atoms with Crippen LogP contribution in [0.1, 0.15) is 10.4 Å². The fraction of sp³-hybridized carbons (Fsp3) is 0. The number of carbonyl (C=O) groups excluding carboxylic acids is 1. The van der Waals surface area contributed by atoms with Gasteiger partial charge in [0.1, 0.15) is 5.82 Å². The highest BCUT2D eigenvalue weighted by Crippen LogP contribution is 2.25. The minimum absolute atomic E-state index is 0.318. The predicted octanol–water partition coefficient (Wildman–Crippen LogP) is 1.67. The number of H-pyrrole nitrogens is 1. The molecule has 0 aliphatic rings. The van der Waals surface area contributed by atoms with Gasteiger partial charge >= 0.3 is 0 Å². The van der Waals surface area contributed by atoms with Gasteiger partial charge in [-0.15, -0.1) is 0 Å². The number of hydrogen-bond donors (Lipinski definition) is 3. The first-order chi connectivity index (χ1) is 7.13. The lowest BCUT2D eigenvalue weighted by atomic mass is 10.1. The smallest absolute Gasteiger partial charge is 0.267 e. The van der Waals surface area contributed by atoms with Gasteiger partial charge in [0.25, 0.3) is 5.91 Å². The minimum Gasteiger partial charge on any atom is -0.360 e. The van der Waals surface area contributed by atoms with E-state index in [0.29, 0.717) is 20.9 Å². The van der Waals surface area contributed by atoms with Crippen molar-refractivity contribution in [2.24, 2.45) is 5.84 Å². The second-order valence-corrected chi connectivity index (χ2v) is 3.84. The molecular formula is C9H7BrFN3O. The average molecular weight is 272 g/mol. The molecule has 2 rings (SSSR count). The van der Waals surface area contributed by atoms with Crippen molar-refractivity contribution in [1.29, 1.82) is 0 Å². The van der Waals surface area contributed by atoms with Crippen molar-refractivity contribution in [3.8, 4) is 0 Å². The molecule has 0 spiro atoms. The second kappa shape index (κ2) is 3.63. The Bertz CT molecular complexity index is 537. The van der Waals surface area contributed by atoms with E-state index in [2.05, 4.69) is 20.9 Å². The molecule has 78 valence electrons. The third-order valence-electron chi connectivity index (χ3n) is 2.10. The molecule has 0 atom stereocenters. The van der Waals surface area contributed by atoms with Crippen molar-refractivity contribution in [1.82, 2.24) is 10.4 Å². The van der Waals surface area contributed by atoms with Crippen LogP contribution >= 0.6 is 15.9 Å². The van der Waals surface area contributed by atoms with E-state index in [0.717, 1.165) is 0 Å². The molecule has 4 N–H and O–H groups in total. The van der Waals surface area contributed by atoms with Gasteiger partial charge in [-0.25, -0.2) is 10.2 Å². The summed E-state index contributed by atoms with van der Waals surface area (Å²) in [6, 6.07) is 2.85. The first-order valence-corrected chi connectivity index (χ1v) is 4.90. The zero-order chi connectivity index (χ0) is 11.0. The van der Waals surface area contributed by atoms with Crippen molar-refractivity contribution >= 4 is 32.7 Å². The average Bonchev–Trinajstić information content (AvgIpc) is 2.61. The number of hydrazine groups is 1. The molecule has 0 aliphatic carbocycles. The molecule has 1 heterocycles. The molecule has 0 fully saturated rings. The lowest BCUT2D eigenvalue weighted by Crippen LogP contribution is -2.29. The fourth-order valence-electron chi connectivity index (χ4n) is 1.38. The van der Waals surface area contributed by atoms with Crippen LogP contribution in [0.5, 0.6) is 0 Å². The summed E-state index contributed by atoms with van der Waals surface area (Å²) in [5, 5.41) is 0.499. The number of aromatic amines is 1. The van der Waals surface area contributed by atoms with Crippen LogP contribution in [0.2, 0.25) is 0 Å². The Balaban J connectivity index is 2.69. The highest BCUT2D eigenvalue weighted by molar-refractivity contribution is 9.10. The van der Waals surface area contributed by atoms with Gasteiger partial charge in [-0.2, -0.15) is 0 Å². The lowest BCUT2D eigenvalue weighted by Gasteiger charge is -1.98. The summed E-state index contributed by atoms with van der Waals surface area (Å²) in [7, 11) is 0. The number of nitrogen functional groups attached to an aromatic ring is 1. The van der Waals surface area contributed by atoms with Crippen LogP contribution in [0.15, 0.2) is 22.8 Å². The number of benzene rings is 1. The van der Waals surface area contributed by atoms with Gasteiger partial charge in [-0.05, 0) is 28.1 Å². The Hall–Kier alpha value is -1.40. The maximum absolute atomic E-state index is 13.2. The molecule has 0 unspecified atom stereocenters. The van der Waals surface area contributed by atoms with E-state index in [4.69, 9.17) is 5.84 Å². The largest absolute Gasteiger partial charge is 0.360 e. The zero-order valence-corrected chi connectivity index (χ0v) is 9.06. The molecule has 4 nitrogen and oxygen atoms in total. The van der Waals surface area contributed by atoms with Gasteiger partial charge in [-0.3, -0.25) is 10.2 Å². The van der Waals surface area contributed by atoms with E-state index in [1.54, 1.807) is 6.07 Å². The molecule has 1 amide bonds. The first kappa shape index (κ1) is 10.1. The molecule has 15 heavy (non-hydrogen) atoms. The molecule has 2 aromatic rings. The number of fused-ring (bicyclic) bond motifs is 1. The molecule has 1 aromatic heterocycles. The first-order valence-electron chi connectivity index (χ1n) is 4.10. The Morgan fingerprint density at radius 1 is 1.53 bits per heavy atom. The van der Waals surface area contributed by atoms with E-state index in [1.165, 1.54) is 12.3 Å². The molecule has 6 heteroatoms. The highest BCUT2D eigenvalue weighted by atomic mass is 79.9. The van der Waals surface area contributed by atoms with E-state index in [-0.39, 0.29) is 0 Å². The number of amides is 1. The van der Waals surface area contributed by atoms with Gasteiger partial charge in [0.15, 0.2) is 0 Å². The zero-order valence-electron chi connectivity index (χ0n) is 7.47. The van der Waals surface area contributed by atoms with Crippen molar-refractivity contribution in [2.75, 3.05) is 0 Å². The summed E-state index contributed by atoms with van der Waals surface area (Å²) in [4.78, 5) is 14.2. The summed E-state index contributed by atoms with van der Waals surface area (Å²) < 4.78 is 13.6. The molecule has 0 saturated carbocycles. The van der Waals surface area contributed by atoms with Crippen LogP contribution in [0.25, 0.3) is 10.9 Å². The van der Waals surface area contributed by atoms with Crippen LogP contribution in [0, 0.1) is 5.82 Å². The lowest BCUT2D eigenvalue weighted by molar-refractivity contribution is 0.0955. The topological polar surface area (TPSA) is 70.9 Å². The molecular weight excluding hydrogens is 265 g/mol. The van der Waals surface area contributed by atoms with Crippen LogP contribution in [-0.2, 0) is 0 Å². The van der Waals surface area contributed by atoms with Gasteiger partial charge in [0.05, 0.1) is 10.0 Å². The van der Waals surface area contributed by atoms with Crippen LogP contribution in [0.4, 0.5) is 4.39 Å². The third-order valence-corrected chi connectivity index (χ3v) is 2.71. The summed E-state index contributed by atoms with van der Waals surface area (Å²) >= 11 is 3.06. The summed E-state index contributed by atoms with van der Waals surface area (Å²) in [6.07, 6.45) is 1.48. The Labute approximate surface area is 92.7 Å². The molecule has 1 aromatic carbocycles. The van der Waals surface area contributed by atoms with E-state index < -0.39 is 11.7 Å². The maximum Gasteiger partial charge on any atom is 0.267 e. The van der Waals surface area contributed by atoms with Crippen molar-refractivity contribution in [3.63, 3.8) is 0 Å². The number of nitrogens with one attached hydrogen (secondary N) is 2. The van der Waals surface area contributed by atoms with Gasteiger partial charge < -0.3 is 4.98 Å². The fourth-order valence-corrected chi connectivity index (χ4v) is 1.73. The molecule has 0 saturated heterocycles. The Morgan fingerprint density at radius 3 is 2.93 bits per heavy atom. The van der Waals surface area contributed by atoms with E-state index >= 15 is 0 Å². The summed E-state index contributed by atoms with van der Waals surface area (Å²) in [5.74, 6) is 4.13. The number of hydrogen-bond acceptors (Lipinski definition) is 2.